The Hall–Kier alpha value is -6.62. The van der Waals surface area contributed by atoms with Gasteiger partial charge in [-0.05, 0) is 212 Å². The summed E-state index contributed by atoms with van der Waals surface area (Å²) in [6, 6.07) is 34.5. The fourth-order valence-corrected chi connectivity index (χ4v) is 15.7. The summed E-state index contributed by atoms with van der Waals surface area (Å²) in [5.74, 6) is -3.77. The molecule has 4 saturated carbocycles. The van der Waals surface area contributed by atoms with E-state index in [0.29, 0.717) is 50.7 Å². The minimum Gasteiger partial charge on any atom is -0.748 e. The van der Waals surface area contributed by atoms with Crippen LogP contribution in [-0.2, 0) is 67.3 Å². The van der Waals surface area contributed by atoms with Crippen LogP contribution in [0.1, 0.15) is 181 Å². The number of halogens is 3. The molecule has 1 N–H and O–H groups in total. The molecule has 1 aromatic heterocycles. The van der Waals surface area contributed by atoms with Crippen LogP contribution in [0.5, 0.6) is 11.5 Å². The minimum atomic E-state index is -5.27. The number of carbonyl (C=O) groups excluding carboxylic acids is 6. The molecular weight excluding hydrogens is 1280 g/mol. The van der Waals surface area contributed by atoms with Crippen molar-refractivity contribution in [2.45, 2.75) is 229 Å². The summed E-state index contributed by atoms with van der Waals surface area (Å²) in [5, 5.41) is 11.8. The third-order valence-corrected chi connectivity index (χ3v) is 23.3. The zero-order valence-electron chi connectivity index (χ0n) is 58.1. The molecule has 0 amide bonds. The lowest BCUT2D eigenvalue weighted by molar-refractivity contribution is -0.239. The van der Waals surface area contributed by atoms with E-state index in [1.807, 2.05) is 90.0 Å². The van der Waals surface area contributed by atoms with Gasteiger partial charge in [0.2, 0.25) is 6.10 Å². The highest BCUT2D eigenvalue weighted by Gasteiger charge is 2.66. The molecule has 4 aliphatic carbocycles. The van der Waals surface area contributed by atoms with Gasteiger partial charge in [-0.25, -0.2) is 8.42 Å². The first kappa shape index (κ1) is 76.7. The second-order valence-corrected chi connectivity index (χ2v) is 33.1. The number of esters is 6. The molecule has 96 heavy (non-hydrogen) atoms. The molecule has 12 rings (SSSR count). The highest BCUT2D eigenvalue weighted by molar-refractivity contribution is 7.85. The van der Waals surface area contributed by atoms with Crippen molar-refractivity contribution in [1.82, 2.24) is 0 Å². The molecule has 4 aromatic carbocycles. The zero-order valence-corrected chi connectivity index (χ0v) is 59.7. The first-order valence-corrected chi connectivity index (χ1v) is 36.1. The predicted octanol–water partition coefficient (Wildman–Crippen LogP) is 16.0. The minimum absolute atomic E-state index is 0.00100. The second kappa shape index (κ2) is 29.8. The van der Waals surface area contributed by atoms with Gasteiger partial charge < -0.3 is 42.8 Å². The van der Waals surface area contributed by atoms with Crippen LogP contribution in [0.15, 0.2) is 103 Å². The standard InChI is InChI=1S/C20H29F3O7S.C18H13S.C13H18O5.C12H16O3.C11H22O2/c1-4-17(2,3)15(24)30-19-8-12-5-13(9-19)7-18(6-12,11-19)16(25)29-14(20(21,22)23)10-31(26,27)28;1-2-8-14(9-3-1)19-17-12-6-4-10-15(17)16-11-5-7-13-18(16)19;1-4-13(2,3)12(15)18-9-7-5-6-8(16-7)10(9)17-11(6)14;1-4-12(2,3)11(14)15-10-7-5-9(13)6-8-10;1-7-10(3,4)9(12)13-11(5,6)8-2/h12-14H,4-11H2,1-3H3,(H,26,27,28);1-13H;6-10H,4-5H2,1-3H3;5-8,13H,4H2,1-3H3;7-8H2,1-6H3/q;+1;;;/p-1. The summed E-state index contributed by atoms with van der Waals surface area (Å²) in [6.45, 7) is 28.4. The molecular formula is C74H97F3O17S2. The molecule has 0 radical (unpaired) electrons. The van der Waals surface area contributed by atoms with Crippen molar-refractivity contribution in [2.75, 3.05) is 5.75 Å². The van der Waals surface area contributed by atoms with Gasteiger partial charge in [-0.15, -0.1) is 0 Å². The van der Waals surface area contributed by atoms with E-state index in [0.717, 1.165) is 25.7 Å². The molecule has 6 bridgehead atoms. The van der Waals surface area contributed by atoms with Crippen molar-refractivity contribution in [3.63, 3.8) is 0 Å². The number of fused-ring (bicyclic) bond motifs is 4. The van der Waals surface area contributed by atoms with Crippen LogP contribution >= 0.6 is 10.5 Å². The Kier molecular flexibility index (Phi) is 23.9. The van der Waals surface area contributed by atoms with E-state index in [4.69, 9.17) is 33.5 Å². The smallest absolute Gasteiger partial charge is 0.426 e. The largest absolute Gasteiger partial charge is 0.748 e. The second-order valence-electron chi connectivity index (χ2n) is 29.7. The Morgan fingerprint density at radius 1 is 0.635 bits per heavy atom. The lowest BCUT2D eigenvalue weighted by atomic mass is 9.48. The molecule has 0 spiro atoms. The van der Waals surface area contributed by atoms with Gasteiger partial charge in [-0.2, -0.15) is 13.2 Å². The molecule has 5 aromatic rings. The third kappa shape index (κ3) is 18.2. The van der Waals surface area contributed by atoms with Crippen molar-refractivity contribution in [3.8, 4) is 16.4 Å². The SMILES string of the molecule is CCC(C)(C)C(=O)OC12CC3CC(C1)CC(C(=O)OC(CS(=O)(=O)[O-])C(F)(F)F)(C3)C2.CCC(C)(C)C(=O)OC1C2CC3C(=O)OC1C3O2.CCC(C)(C)C(=O)Oc1ccc(O)cc1.CCC(C)(C)OC(=O)C(C)(C)CC.c1ccc(-[s+]2c3ccccc3c3ccccc32)cc1. The molecule has 22 heteroatoms. The van der Waals surface area contributed by atoms with E-state index in [2.05, 4.69) is 83.6 Å². The maximum atomic E-state index is 13.3. The monoisotopic (exact) mass is 1380 g/mol. The topological polar surface area (TPSA) is 244 Å². The number of ether oxygens (including phenoxy) is 7. The number of carbonyl (C=O) groups is 6. The molecule has 3 aliphatic heterocycles. The number of phenols is 1. The van der Waals surface area contributed by atoms with Crippen molar-refractivity contribution in [2.24, 2.45) is 44.8 Å². The van der Waals surface area contributed by atoms with Crippen LogP contribution < -0.4 is 4.74 Å². The number of benzene rings is 4. The summed E-state index contributed by atoms with van der Waals surface area (Å²) < 4.78 is 113. The van der Waals surface area contributed by atoms with Gasteiger partial charge in [0.15, 0.2) is 26.5 Å². The average Bonchev–Trinajstić information content (AvgIpc) is 1.07. The molecule has 17 nitrogen and oxygen atoms in total. The van der Waals surface area contributed by atoms with Gasteiger partial charge in [0.05, 0.1) is 55.0 Å². The first-order chi connectivity index (χ1) is 44.6. The Morgan fingerprint density at radius 3 is 1.62 bits per heavy atom. The highest BCUT2D eigenvalue weighted by atomic mass is 32.2. The van der Waals surface area contributed by atoms with Crippen LogP contribution in [0.4, 0.5) is 13.2 Å². The Labute approximate surface area is 565 Å². The average molecular weight is 1380 g/mol. The normalized spacial score (nSPS) is 24.3. The van der Waals surface area contributed by atoms with E-state index in [1.54, 1.807) is 26.0 Å². The molecule has 8 unspecified atom stereocenters. The van der Waals surface area contributed by atoms with Gasteiger partial charge in [0.1, 0.15) is 28.8 Å². The van der Waals surface area contributed by atoms with Crippen LogP contribution in [-0.4, -0.2) is 108 Å². The maximum absolute atomic E-state index is 13.3. The number of thiophene rings is 1. The van der Waals surface area contributed by atoms with E-state index in [9.17, 15) is 54.9 Å². The van der Waals surface area contributed by atoms with Crippen LogP contribution in [0.3, 0.4) is 0 Å². The van der Waals surface area contributed by atoms with Gasteiger partial charge in [-0.1, -0.05) is 77.1 Å². The number of hydrogen-bond donors (Lipinski definition) is 1. The number of phenolic OH excluding ortho intramolecular Hbond substituents is 1. The fraction of sp³-hybridized carbons (Fsp3) is 0.595. The predicted molar refractivity (Wildman–Crippen MR) is 359 cm³/mol. The summed E-state index contributed by atoms with van der Waals surface area (Å²) in [4.78, 5) is 74.0. The lowest BCUT2D eigenvalue weighted by Gasteiger charge is -2.60. The molecule has 3 saturated heterocycles. The van der Waals surface area contributed by atoms with Crippen LogP contribution in [0, 0.1) is 44.8 Å². The van der Waals surface area contributed by atoms with Crippen LogP contribution in [0.25, 0.3) is 25.1 Å². The molecule has 528 valence electrons. The lowest BCUT2D eigenvalue weighted by Crippen LogP contribution is -2.61. The van der Waals surface area contributed by atoms with E-state index in [-0.39, 0.29) is 87.5 Å². The molecule has 4 heterocycles. The number of hydrogen-bond acceptors (Lipinski definition) is 17. The van der Waals surface area contributed by atoms with Crippen molar-refractivity contribution in [1.29, 1.82) is 0 Å². The van der Waals surface area contributed by atoms with E-state index < -0.39 is 79.6 Å². The fourth-order valence-electron chi connectivity index (χ4n) is 12.6. The zero-order chi connectivity index (χ0) is 71.4. The number of alkyl halides is 3. The number of aromatic hydroxyl groups is 1. The summed E-state index contributed by atoms with van der Waals surface area (Å²) in [5.41, 5.74) is -4.62. The summed E-state index contributed by atoms with van der Waals surface area (Å²) >= 11 is 0. The van der Waals surface area contributed by atoms with E-state index in [1.165, 1.54) is 37.2 Å². The van der Waals surface area contributed by atoms with Crippen molar-refractivity contribution < 1.29 is 93.2 Å². The summed E-state index contributed by atoms with van der Waals surface area (Å²) in [7, 11) is -5.21. The van der Waals surface area contributed by atoms with Crippen molar-refractivity contribution in [3.05, 3.63) is 103 Å². The van der Waals surface area contributed by atoms with Gasteiger partial charge in [0, 0.05) is 27.7 Å². The Balaban J connectivity index is 0.000000176. The van der Waals surface area contributed by atoms with Crippen molar-refractivity contribution >= 4 is 76.6 Å². The van der Waals surface area contributed by atoms with Gasteiger partial charge in [0.25, 0.3) is 0 Å². The Morgan fingerprint density at radius 2 is 1.12 bits per heavy atom. The molecule has 7 aliphatic rings. The number of rotatable bonds is 18. The van der Waals surface area contributed by atoms with Crippen LogP contribution in [0.2, 0.25) is 0 Å². The quantitative estimate of drug-likeness (QED) is 0.0282. The Bertz CT molecular complexity index is 3620. The van der Waals surface area contributed by atoms with Gasteiger partial charge >= 0.3 is 42.0 Å². The highest BCUT2D eigenvalue weighted by Crippen LogP contribution is 2.64. The first-order valence-electron chi connectivity index (χ1n) is 33.3. The van der Waals surface area contributed by atoms with Gasteiger partial charge in [-0.3, -0.25) is 28.8 Å². The maximum Gasteiger partial charge on any atom is 0.426 e. The third-order valence-electron chi connectivity index (χ3n) is 20.2. The molecule has 7 fully saturated rings. The summed E-state index contributed by atoms with van der Waals surface area (Å²) in [6.07, 6.45) is -2.62. The van der Waals surface area contributed by atoms with E-state index >= 15 is 0 Å². The molecule has 8 atom stereocenters.